The first-order valence-electron chi connectivity index (χ1n) is 20.3. The monoisotopic (exact) mass is 793 g/mol. The number of carbonyl (C=O) groups excluding carboxylic acids is 3. The number of fused-ring (bicyclic) bond motifs is 2. The molecule has 0 spiro atoms. The van der Waals surface area contributed by atoms with Gasteiger partial charge in [-0.1, -0.05) is 58.0 Å². The summed E-state index contributed by atoms with van der Waals surface area (Å²) in [5, 5.41) is 5.44. The van der Waals surface area contributed by atoms with Crippen molar-refractivity contribution >= 4 is 51.5 Å². The molecule has 0 saturated carbocycles. The highest BCUT2D eigenvalue weighted by molar-refractivity contribution is 8.00. The van der Waals surface area contributed by atoms with E-state index in [4.69, 9.17) is 14.5 Å². The zero-order chi connectivity index (χ0) is 40.1. The van der Waals surface area contributed by atoms with Crippen molar-refractivity contribution in [2.75, 3.05) is 39.2 Å². The largest absolute Gasteiger partial charge is 0.453 e. The fraction of sp³-hybridized carbons (Fsp3) is 0.477. The third-order valence-corrected chi connectivity index (χ3v) is 12.6. The Hall–Kier alpha value is -4.88. The van der Waals surface area contributed by atoms with Gasteiger partial charge in [-0.25, -0.2) is 14.8 Å². The number of aromatic nitrogens is 4. The van der Waals surface area contributed by atoms with Crippen molar-refractivity contribution in [3.8, 4) is 22.4 Å². The number of likely N-dealkylation sites (tertiary alicyclic amines) is 1. The van der Waals surface area contributed by atoms with E-state index in [1.54, 1.807) is 6.33 Å². The number of alkyl carbamates (subject to hydrolysis) is 1. The highest BCUT2D eigenvalue weighted by Crippen LogP contribution is 2.36. The van der Waals surface area contributed by atoms with Gasteiger partial charge in [0, 0.05) is 44.0 Å². The molecule has 5 aromatic rings. The molecule has 0 bridgehead atoms. The van der Waals surface area contributed by atoms with Gasteiger partial charge in [-0.3, -0.25) is 9.59 Å². The number of carbonyl (C=O) groups is 3. The van der Waals surface area contributed by atoms with Gasteiger partial charge >= 0.3 is 6.09 Å². The van der Waals surface area contributed by atoms with Gasteiger partial charge in [0.05, 0.1) is 47.8 Å². The van der Waals surface area contributed by atoms with Gasteiger partial charge in [0.1, 0.15) is 11.9 Å². The van der Waals surface area contributed by atoms with Gasteiger partial charge < -0.3 is 34.6 Å². The predicted molar refractivity (Wildman–Crippen MR) is 225 cm³/mol. The van der Waals surface area contributed by atoms with E-state index >= 15 is 0 Å². The Labute approximate surface area is 338 Å². The molecule has 0 radical (unpaired) electrons. The minimum atomic E-state index is -0.660. The van der Waals surface area contributed by atoms with E-state index in [-0.39, 0.29) is 17.9 Å². The molecule has 3 aliphatic rings. The molecule has 3 aromatic carbocycles. The molecular weight excluding hydrogens is 739 g/mol. The Morgan fingerprint density at radius 2 is 1.65 bits per heavy atom. The van der Waals surface area contributed by atoms with Crippen molar-refractivity contribution in [3.63, 3.8) is 0 Å². The number of benzene rings is 3. The average Bonchev–Trinajstić information content (AvgIpc) is 4.06. The summed E-state index contributed by atoms with van der Waals surface area (Å²) in [6.07, 6.45) is 7.52. The molecule has 3 atom stereocenters. The molecule has 8 rings (SSSR count). The minimum absolute atomic E-state index is 0.0786. The lowest BCUT2D eigenvalue weighted by atomic mass is 9.98. The van der Waals surface area contributed by atoms with Crippen LogP contribution in [0, 0.1) is 17.8 Å². The van der Waals surface area contributed by atoms with Crippen LogP contribution in [-0.4, -0.2) is 98.2 Å². The molecule has 302 valence electrons. The highest BCUT2D eigenvalue weighted by atomic mass is 32.2. The number of rotatable bonds is 9. The lowest BCUT2D eigenvalue weighted by Crippen LogP contribution is -2.51. The summed E-state index contributed by atoms with van der Waals surface area (Å²) in [5.41, 5.74) is 6.08. The Bertz CT molecular complexity index is 2160. The maximum Gasteiger partial charge on any atom is 0.407 e. The number of thioether (sulfide) groups is 1. The van der Waals surface area contributed by atoms with Crippen molar-refractivity contribution in [2.24, 2.45) is 17.8 Å². The molecule has 3 fully saturated rings. The third kappa shape index (κ3) is 9.31. The number of methoxy groups -OCH3 is 1. The number of nitrogens with one attached hydrogen (secondary N) is 3. The van der Waals surface area contributed by atoms with Crippen LogP contribution in [-0.2, 0) is 19.1 Å². The molecule has 5 heterocycles. The summed E-state index contributed by atoms with van der Waals surface area (Å²) >= 11 is 1.96. The number of aromatic amines is 2. The molecule has 13 heteroatoms. The third-order valence-electron chi connectivity index (χ3n) is 11.2. The number of amides is 3. The number of H-pyrrole nitrogens is 2. The molecule has 3 aliphatic heterocycles. The van der Waals surface area contributed by atoms with Gasteiger partial charge in [-0.05, 0) is 89.6 Å². The van der Waals surface area contributed by atoms with Crippen LogP contribution in [0.5, 0.6) is 0 Å². The van der Waals surface area contributed by atoms with Crippen LogP contribution in [0.25, 0.3) is 44.2 Å². The van der Waals surface area contributed by atoms with Crippen molar-refractivity contribution in [1.82, 2.24) is 35.1 Å². The van der Waals surface area contributed by atoms with Gasteiger partial charge in [0.15, 0.2) is 0 Å². The van der Waals surface area contributed by atoms with Gasteiger partial charge in [0.25, 0.3) is 0 Å². The fourth-order valence-electron chi connectivity index (χ4n) is 8.18. The lowest BCUT2D eigenvalue weighted by molar-refractivity contribution is -0.135. The fourth-order valence-corrected chi connectivity index (χ4v) is 9.67. The van der Waals surface area contributed by atoms with Crippen molar-refractivity contribution in [3.05, 3.63) is 72.9 Å². The molecule has 2 aromatic heterocycles. The van der Waals surface area contributed by atoms with E-state index in [0.29, 0.717) is 36.1 Å². The van der Waals surface area contributed by atoms with E-state index in [1.807, 2.05) is 42.8 Å². The Morgan fingerprint density at radius 1 is 0.930 bits per heavy atom. The Kier molecular flexibility index (Phi) is 12.8. The van der Waals surface area contributed by atoms with E-state index in [9.17, 15) is 14.4 Å². The van der Waals surface area contributed by atoms with Crippen molar-refractivity contribution in [1.29, 1.82) is 0 Å². The van der Waals surface area contributed by atoms with Crippen molar-refractivity contribution < 1.29 is 23.9 Å². The van der Waals surface area contributed by atoms with Crippen LogP contribution in [0.2, 0.25) is 0 Å². The quantitative estimate of drug-likeness (QED) is 0.136. The normalized spacial score (nSPS) is 19.3. The second kappa shape index (κ2) is 18.1. The molecule has 3 unspecified atom stereocenters. The first-order valence-corrected chi connectivity index (χ1v) is 21.3. The maximum atomic E-state index is 13.5. The van der Waals surface area contributed by atoms with Gasteiger partial charge in [-0.15, -0.1) is 11.8 Å². The standard InChI is InChI=1S/C31H32N6O3.C13H23NO2S/c1-18(2)28(36-31(39)40-3)30(38)37-12-4-5-27(37)29-34-24-11-10-22(15-25(24)35-29)20-6-7-21-14-23(9-8-19(21)13-20)26-16-32-17-33-26;1-10(2)9-12(15)14-5-8-17-13(14)11-3-6-16-7-4-11/h6-11,13-18,27-28H,4-5,12H2,1-3H3,(H,32,33)(H,34,35)(H,36,39);10-11,13H,3-9H2,1-2H3. The Balaban J connectivity index is 0.000000244. The SMILES string of the molecule is CC(C)CC(=O)N1CCSC1C1CCOCC1.COC(=O)NC(C(=O)N1CCCC1c1nc2ccc(-c3ccc4cc(-c5cnc[nH]5)ccc4c3)cc2[nH]1)C(C)C. The summed E-state index contributed by atoms with van der Waals surface area (Å²) < 4.78 is 10.2. The molecule has 0 aliphatic carbocycles. The zero-order valence-electron chi connectivity index (χ0n) is 33.6. The predicted octanol–water partition coefficient (Wildman–Crippen LogP) is 8.18. The van der Waals surface area contributed by atoms with Crippen LogP contribution >= 0.6 is 11.8 Å². The summed E-state index contributed by atoms with van der Waals surface area (Å²) in [4.78, 5) is 57.1. The Morgan fingerprint density at radius 3 is 2.35 bits per heavy atom. The second-order valence-corrected chi connectivity index (χ2v) is 17.3. The zero-order valence-corrected chi connectivity index (χ0v) is 34.4. The number of hydrogen-bond donors (Lipinski definition) is 3. The molecule has 3 N–H and O–H groups in total. The van der Waals surface area contributed by atoms with Crippen LogP contribution in [0.3, 0.4) is 0 Å². The minimum Gasteiger partial charge on any atom is -0.453 e. The number of hydrogen-bond acceptors (Lipinski definition) is 8. The molecule has 3 amide bonds. The summed E-state index contributed by atoms with van der Waals surface area (Å²) in [5.74, 6) is 3.13. The molecule has 3 saturated heterocycles. The second-order valence-electron chi connectivity index (χ2n) is 16.0. The van der Waals surface area contributed by atoms with Crippen LogP contribution in [0.1, 0.15) is 71.7 Å². The number of nitrogens with zero attached hydrogens (tertiary/aromatic N) is 4. The molecule has 12 nitrogen and oxygen atoms in total. The summed E-state index contributed by atoms with van der Waals surface area (Å²) in [6.45, 7) is 11.4. The lowest BCUT2D eigenvalue weighted by Gasteiger charge is -2.33. The van der Waals surface area contributed by atoms with E-state index in [2.05, 4.69) is 87.5 Å². The molecule has 57 heavy (non-hydrogen) atoms. The van der Waals surface area contributed by atoms with Gasteiger partial charge in [0.2, 0.25) is 11.8 Å². The topological polar surface area (TPSA) is 146 Å². The number of imidazole rings is 2. The summed E-state index contributed by atoms with van der Waals surface area (Å²) in [6, 6.07) is 18.3. The van der Waals surface area contributed by atoms with Crippen LogP contribution in [0.4, 0.5) is 4.79 Å². The average molecular weight is 794 g/mol. The summed E-state index contributed by atoms with van der Waals surface area (Å²) in [7, 11) is 1.30. The van der Waals surface area contributed by atoms with Crippen LogP contribution in [0.15, 0.2) is 67.1 Å². The van der Waals surface area contributed by atoms with Crippen molar-refractivity contribution in [2.45, 2.75) is 77.3 Å². The first kappa shape index (κ1) is 40.3. The smallest absolute Gasteiger partial charge is 0.407 e. The van der Waals surface area contributed by atoms with E-state index < -0.39 is 12.1 Å². The highest BCUT2D eigenvalue weighted by Gasteiger charge is 2.38. The number of ether oxygens (including phenoxy) is 2. The van der Waals surface area contributed by atoms with Crippen LogP contribution < -0.4 is 5.32 Å². The van der Waals surface area contributed by atoms with E-state index in [1.165, 1.54) is 7.11 Å². The van der Waals surface area contributed by atoms with Gasteiger partial charge in [-0.2, -0.15) is 0 Å². The maximum absolute atomic E-state index is 13.5. The van der Waals surface area contributed by atoms with E-state index in [0.717, 1.165) is 101 Å². The molecular formula is C44H55N7O5S. The first-order chi connectivity index (χ1) is 27.6.